The van der Waals surface area contributed by atoms with E-state index < -0.39 is 6.10 Å². The number of anilines is 1. The first-order valence-electron chi connectivity index (χ1n) is 6.00. The quantitative estimate of drug-likeness (QED) is 0.889. The Bertz CT molecular complexity index is 554. The average Bonchev–Trinajstić information content (AvgIpc) is 2.35. The maximum atomic E-state index is 13.2. The van der Waals surface area contributed by atoms with Gasteiger partial charge in [0.05, 0.1) is 6.10 Å². The molecule has 0 aromatic heterocycles. The Balaban J connectivity index is 2.04. The van der Waals surface area contributed by atoms with Crippen molar-refractivity contribution in [3.8, 4) is 0 Å². The van der Waals surface area contributed by atoms with Crippen molar-refractivity contribution in [2.75, 3.05) is 11.9 Å². The summed E-state index contributed by atoms with van der Waals surface area (Å²) in [6.45, 7) is 2.09. The van der Waals surface area contributed by atoms with Gasteiger partial charge in [-0.1, -0.05) is 29.8 Å². The van der Waals surface area contributed by atoms with E-state index in [1.165, 1.54) is 12.1 Å². The Labute approximate surface area is 116 Å². The molecule has 0 aliphatic rings. The number of hydrogen-bond donors (Lipinski definition) is 2. The summed E-state index contributed by atoms with van der Waals surface area (Å²) in [6, 6.07) is 11.8. The summed E-state index contributed by atoms with van der Waals surface area (Å²) >= 11 is 6.00. The lowest BCUT2D eigenvalue weighted by Gasteiger charge is -2.14. The second-order valence-electron chi connectivity index (χ2n) is 4.44. The smallest absolute Gasteiger partial charge is 0.125 e. The first-order chi connectivity index (χ1) is 9.06. The molecule has 2 N–H and O–H groups in total. The molecule has 0 spiro atoms. The first kappa shape index (κ1) is 13.8. The number of aryl methyl sites for hydroxylation is 1. The summed E-state index contributed by atoms with van der Waals surface area (Å²) < 4.78 is 13.2. The van der Waals surface area contributed by atoms with Gasteiger partial charge in [-0.15, -0.1) is 0 Å². The van der Waals surface area contributed by atoms with Crippen LogP contribution in [0.2, 0.25) is 5.02 Å². The third-order valence-electron chi connectivity index (χ3n) is 2.81. The molecule has 2 aromatic carbocycles. The predicted molar refractivity (Wildman–Crippen MR) is 76.0 cm³/mol. The van der Waals surface area contributed by atoms with Crippen LogP contribution in [0, 0.1) is 12.7 Å². The second-order valence-corrected chi connectivity index (χ2v) is 4.84. The number of benzene rings is 2. The highest BCUT2D eigenvalue weighted by Crippen LogP contribution is 2.23. The van der Waals surface area contributed by atoms with Crippen LogP contribution in [-0.4, -0.2) is 11.7 Å². The van der Waals surface area contributed by atoms with Crippen molar-refractivity contribution in [1.29, 1.82) is 0 Å². The molecule has 19 heavy (non-hydrogen) atoms. The molecule has 2 aromatic rings. The fourth-order valence-corrected chi connectivity index (χ4v) is 2.17. The number of aliphatic hydroxyl groups excluding tert-OH is 1. The molecule has 0 aliphatic carbocycles. The Morgan fingerprint density at radius 2 is 2.00 bits per heavy atom. The van der Waals surface area contributed by atoms with Gasteiger partial charge >= 0.3 is 0 Å². The van der Waals surface area contributed by atoms with Gasteiger partial charge in [0.15, 0.2) is 0 Å². The molecule has 1 unspecified atom stereocenters. The van der Waals surface area contributed by atoms with Crippen LogP contribution in [0.15, 0.2) is 42.5 Å². The zero-order valence-electron chi connectivity index (χ0n) is 10.5. The third kappa shape index (κ3) is 3.69. The summed E-state index contributed by atoms with van der Waals surface area (Å²) in [7, 11) is 0. The van der Waals surface area contributed by atoms with Gasteiger partial charge in [0.1, 0.15) is 5.82 Å². The molecule has 0 radical (unpaired) electrons. The maximum absolute atomic E-state index is 13.2. The van der Waals surface area contributed by atoms with E-state index in [1.54, 1.807) is 12.1 Å². The van der Waals surface area contributed by atoms with Crippen LogP contribution in [0.1, 0.15) is 17.2 Å². The van der Waals surface area contributed by atoms with Crippen LogP contribution in [0.5, 0.6) is 0 Å². The van der Waals surface area contributed by atoms with Crippen molar-refractivity contribution in [3.63, 3.8) is 0 Å². The second kappa shape index (κ2) is 6.04. The largest absolute Gasteiger partial charge is 0.387 e. The van der Waals surface area contributed by atoms with E-state index in [9.17, 15) is 9.50 Å². The minimum Gasteiger partial charge on any atom is -0.387 e. The van der Waals surface area contributed by atoms with Crippen molar-refractivity contribution in [3.05, 3.63) is 64.4 Å². The van der Waals surface area contributed by atoms with E-state index in [2.05, 4.69) is 5.32 Å². The lowest BCUT2D eigenvalue weighted by atomic mass is 10.1. The van der Waals surface area contributed by atoms with E-state index in [-0.39, 0.29) is 12.4 Å². The van der Waals surface area contributed by atoms with Crippen molar-refractivity contribution in [1.82, 2.24) is 0 Å². The molecule has 4 heteroatoms. The Kier molecular flexibility index (Phi) is 4.40. The summed E-state index contributed by atoms with van der Waals surface area (Å²) in [5.74, 6) is -0.297. The highest BCUT2D eigenvalue weighted by atomic mass is 35.5. The Morgan fingerprint density at radius 1 is 1.26 bits per heavy atom. The van der Waals surface area contributed by atoms with Gasteiger partial charge in [-0.3, -0.25) is 0 Å². The number of nitrogens with one attached hydrogen (secondary N) is 1. The molecule has 100 valence electrons. The SMILES string of the molecule is Cc1cc(F)cc(NCC(O)c2ccccc2Cl)c1. The molecule has 0 heterocycles. The highest BCUT2D eigenvalue weighted by molar-refractivity contribution is 6.31. The zero-order chi connectivity index (χ0) is 13.8. The fourth-order valence-electron chi connectivity index (χ4n) is 1.91. The molecule has 2 rings (SSSR count). The van der Waals surface area contributed by atoms with Crippen LogP contribution in [0.25, 0.3) is 0 Å². The van der Waals surface area contributed by atoms with Crippen LogP contribution in [0.3, 0.4) is 0 Å². The molecule has 1 atom stereocenters. The van der Waals surface area contributed by atoms with E-state index in [4.69, 9.17) is 11.6 Å². The number of hydrogen-bond acceptors (Lipinski definition) is 2. The van der Waals surface area contributed by atoms with Crippen LogP contribution in [0.4, 0.5) is 10.1 Å². The van der Waals surface area contributed by atoms with Gasteiger partial charge in [0.25, 0.3) is 0 Å². The predicted octanol–water partition coefficient (Wildman–Crippen LogP) is 3.93. The summed E-state index contributed by atoms with van der Waals surface area (Å²) in [4.78, 5) is 0. The third-order valence-corrected chi connectivity index (χ3v) is 3.15. The molecule has 2 nitrogen and oxygen atoms in total. The minimum absolute atomic E-state index is 0.270. The lowest BCUT2D eigenvalue weighted by molar-refractivity contribution is 0.191. The number of halogens is 2. The van der Waals surface area contributed by atoms with Gasteiger partial charge in [0, 0.05) is 22.8 Å². The van der Waals surface area contributed by atoms with Crippen LogP contribution >= 0.6 is 11.6 Å². The topological polar surface area (TPSA) is 32.3 Å². The average molecular weight is 280 g/mol. The molecule has 0 bridgehead atoms. The molecule has 0 amide bonds. The molecular weight excluding hydrogens is 265 g/mol. The van der Waals surface area contributed by atoms with Crippen molar-refractivity contribution >= 4 is 17.3 Å². The lowest BCUT2D eigenvalue weighted by Crippen LogP contribution is -2.12. The zero-order valence-corrected chi connectivity index (χ0v) is 11.3. The molecular formula is C15H15ClFNO. The van der Waals surface area contributed by atoms with Gasteiger partial charge in [-0.25, -0.2) is 4.39 Å². The molecule has 0 saturated heterocycles. The van der Waals surface area contributed by atoms with Gasteiger partial charge in [-0.2, -0.15) is 0 Å². The molecule has 0 fully saturated rings. The summed E-state index contributed by atoms with van der Waals surface area (Å²) in [5, 5.41) is 13.6. The Hall–Kier alpha value is -1.58. The van der Waals surface area contributed by atoms with Gasteiger partial charge in [-0.05, 0) is 36.8 Å². The van der Waals surface area contributed by atoms with E-state index in [0.29, 0.717) is 16.3 Å². The molecule has 0 aliphatic heterocycles. The monoisotopic (exact) mass is 279 g/mol. The number of aliphatic hydroxyl groups is 1. The highest BCUT2D eigenvalue weighted by Gasteiger charge is 2.10. The van der Waals surface area contributed by atoms with E-state index >= 15 is 0 Å². The Morgan fingerprint density at radius 3 is 2.68 bits per heavy atom. The first-order valence-corrected chi connectivity index (χ1v) is 6.37. The van der Waals surface area contributed by atoms with E-state index in [0.717, 1.165) is 5.56 Å². The normalized spacial score (nSPS) is 12.2. The summed E-state index contributed by atoms with van der Waals surface area (Å²) in [5.41, 5.74) is 2.13. The summed E-state index contributed by atoms with van der Waals surface area (Å²) in [6.07, 6.45) is -0.739. The van der Waals surface area contributed by atoms with Crippen molar-refractivity contribution < 1.29 is 9.50 Å². The minimum atomic E-state index is -0.739. The van der Waals surface area contributed by atoms with Gasteiger partial charge < -0.3 is 10.4 Å². The van der Waals surface area contributed by atoms with Crippen LogP contribution in [-0.2, 0) is 0 Å². The van der Waals surface area contributed by atoms with E-state index in [1.807, 2.05) is 25.1 Å². The number of rotatable bonds is 4. The van der Waals surface area contributed by atoms with Gasteiger partial charge in [0.2, 0.25) is 0 Å². The fraction of sp³-hybridized carbons (Fsp3) is 0.200. The van der Waals surface area contributed by atoms with Crippen molar-refractivity contribution in [2.45, 2.75) is 13.0 Å². The maximum Gasteiger partial charge on any atom is 0.125 e. The van der Waals surface area contributed by atoms with Crippen molar-refractivity contribution in [2.24, 2.45) is 0 Å². The molecule has 0 saturated carbocycles. The standard InChI is InChI=1S/C15H15ClFNO/c1-10-6-11(17)8-12(7-10)18-9-15(19)13-4-2-3-5-14(13)16/h2-8,15,18-19H,9H2,1H3. The van der Waals surface area contributed by atoms with Crippen LogP contribution < -0.4 is 5.32 Å².